The Morgan fingerprint density at radius 1 is 0.232 bits per heavy atom. The molecule has 0 spiro atoms. The summed E-state index contributed by atoms with van der Waals surface area (Å²) in [5.41, 5.74) is 0. The van der Waals surface area contributed by atoms with Gasteiger partial charge >= 0.3 is 33.6 Å². The average Bonchev–Trinajstić information content (AvgIpc) is 0.893. The van der Waals surface area contributed by atoms with E-state index in [-0.39, 0.29) is 19.3 Å². The molecule has 0 heterocycles. The average molecular weight is 1790 g/mol. The zero-order chi connectivity index (χ0) is 90.7. The molecule has 0 radical (unpaired) electrons. The highest BCUT2D eigenvalue weighted by molar-refractivity contribution is 7.47. The van der Waals surface area contributed by atoms with Crippen LogP contribution in [0, 0.1) is 0 Å². The van der Waals surface area contributed by atoms with Gasteiger partial charge in [-0.1, -0.05) is 436 Å². The van der Waals surface area contributed by atoms with E-state index in [9.17, 15) is 43.5 Å². The van der Waals surface area contributed by atoms with E-state index in [1.54, 1.807) is 0 Å². The summed E-state index contributed by atoms with van der Waals surface area (Å²) < 4.78 is 61.6. The first-order valence-corrected chi connectivity index (χ1v) is 53.8. The minimum absolute atomic E-state index is 0.0901. The van der Waals surface area contributed by atoms with E-state index < -0.39 is 91.5 Å². The van der Waals surface area contributed by atoms with Crippen molar-refractivity contribution in [2.45, 2.75) is 463 Å². The van der Waals surface area contributed by atoms with Crippen LogP contribution < -0.4 is 0 Å². The van der Waals surface area contributed by atoms with E-state index in [0.717, 1.165) is 161 Å². The molecule has 0 amide bonds. The summed E-state index contributed by atoms with van der Waals surface area (Å²) in [6.07, 6.45) is 127. The summed E-state index contributed by atoms with van der Waals surface area (Å²) in [5, 5.41) is 20.8. The zero-order valence-corrected chi connectivity index (χ0v) is 81.5. The minimum Gasteiger partial charge on any atom is -0.463 e. The molecule has 0 saturated carbocycles. The molecule has 0 saturated heterocycles. The Morgan fingerprint density at radius 3 is 0.672 bits per heavy atom. The van der Waals surface area contributed by atoms with Gasteiger partial charge in [0, 0.05) is 19.3 Å². The van der Waals surface area contributed by atoms with Gasteiger partial charge in [-0.2, -0.15) is 0 Å². The van der Waals surface area contributed by atoms with Crippen molar-refractivity contribution in [2.75, 3.05) is 39.6 Å². The Morgan fingerprint density at radius 2 is 0.424 bits per heavy atom. The first-order valence-electron chi connectivity index (χ1n) is 50.8. The molecule has 720 valence electrons. The smallest absolute Gasteiger partial charge is 0.463 e. The molecule has 0 bridgehead atoms. The number of hydrogen-bond acceptors (Lipinski definition) is 14. The van der Waals surface area contributed by atoms with Crippen LogP contribution in [-0.2, 0) is 55.8 Å². The second-order valence-corrected chi connectivity index (χ2v) is 36.8. The van der Waals surface area contributed by atoms with Crippen LogP contribution in [0.25, 0.3) is 0 Å². The second-order valence-electron chi connectivity index (χ2n) is 33.9. The fraction of sp³-hybridized carbons (Fsp3) is 0.729. The molecule has 0 aromatic heterocycles. The van der Waals surface area contributed by atoms with E-state index in [2.05, 4.69) is 179 Å². The Balaban J connectivity index is 4.47. The lowest BCUT2D eigenvalue weighted by molar-refractivity contribution is -0.161. The van der Waals surface area contributed by atoms with Crippen molar-refractivity contribution in [1.82, 2.24) is 0 Å². The molecule has 5 atom stereocenters. The summed E-state index contributed by atoms with van der Waals surface area (Å²) in [6, 6.07) is 0. The predicted molar refractivity (Wildman–Crippen MR) is 528 cm³/mol. The summed E-state index contributed by atoms with van der Waals surface area (Å²) in [4.78, 5) is 59.1. The lowest BCUT2D eigenvalue weighted by atomic mass is 10.0. The van der Waals surface area contributed by atoms with Crippen LogP contribution in [0.15, 0.2) is 158 Å². The number of phosphoric ester groups is 2. The molecular weight excluding hydrogens is 1600 g/mol. The van der Waals surface area contributed by atoms with E-state index in [0.29, 0.717) is 19.3 Å². The Bertz CT molecular complexity index is 2900. The molecule has 0 fully saturated rings. The third kappa shape index (κ3) is 99.6. The van der Waals surface area contributed by atoms with Crippen molar-refractivity contribution in [2.24, 2.45) is 0 Å². The number of rotatable bonds is 96. The highest BCUT2D eigenvalue weighted by atomic mass is 31.2. The van der Waals surface area contributed by atoms with Gasteiger partial charge < -0.3 is 34.2 Å². The molecular formula is C107H186O16P2. The lowest BCUT2D eigenvalue weighted by Gasteiger charge is -2.21. The first kappa shape index (κ1) is 120. The highest BCUT2D eigenvalue weighted by Crippen LogP contribution is 2.45. The van der Waals surface area contributed by atoms with Crippen LogP contribution in [0.4, 0.5) is 0 Å². The SMILES string of the molecule is CC/C=C\C/C=C\C/C=C\C/C=C\C/C=C\CCCCCCCCCCCCCCCCCCCCCC(=O)OCC(O)COP(=O)(O)OCC(O)COP(=O)(O)OCC(COC(=O)CCCCCCCCCCCCCCCCCCCCC/C=C\C/C=C\C/C=C\C/C=C\C/C=C\CC)OC(=O)CCCCCCCC/C=C\C/C=C\C/C=C\CCCCC. The number of aliphatic hydroxyl groups excluding tert-OH is 2. The molecule has 0 aliphatic rings. The van der Waals surface area contributed by atoms with E-state index in [1.807, 2.05) is 0 Å². The number of aliphatic hydroxyl groups is 2. The van der Waals surface area contributed by atoms with E-state index in [1.165, 1.54) is 225 Å². The van der Waals surface area contributed by atoms with Crippen molar-refractivity contribution >= 4 is 33.6 Å². The summed E-state index contributed by atoms with van der Waals surface area (Å²) in [7, 11) is -9.81. The Labute approximate surface area is 765 Å². The molecule has 0 aromatic rings. The van der Waals surface area contributed by atoms with Gasteiger partial charge in [0.25, 0.3) is 0 Å². The number of esters is 3. The maximum Gasteiger partial charge on any atom is 0.472 e. The van der Waals surface area contributed by atoms with Crippen molar-refractivity contribution in [3.63, 3.8) is 0 Å². The van der Waals surface area contributed by atoms with Crippen LogP contribution in [0.2, 0.25) is 0 Å². The van der Waals surface area contributed by atoms with Gasteiger partial charge in [0.15, 0.2) is 6.10 Å². The topological polar surface area (TPSA) is 231 Å². The largest absolute Gasteiger partial charge is 0.472 e. The van der Waals surface area contributed by atoms with Crippen LogP contribution in [-0.4, -0.2) is 95.9 Å². The number of hydrogen-bond donors (Lipinski definition) is 4. The maximum atomic E-state index is 13.1. The monoisotopic (exact) mass is 1790 g/mol. The molecule has 5 unspecified atom stereocenters. The predicted octanol–water partition coefficient (Wildman–Crippen LogP) is 32.0. The fourth-order valence-corrected chi connectivity index (χ4v) is 15.7. The van der Waals surface area contributed by atoms with Gasteiger partial charge in [0.2, 0.25) is 0 Å². The zero-order valence-electron chi connectivity index (χ0n) is 79.7. The molecule has 0 rings (SSSR count). The van der Waals surface area contributed by atoms with E-state index >= 15 is 0 Å². The molecule has 4 N–H and O–H groups in total. The third-order valence-corrected chi connectivity index (χ3v) is 23.6. The lowest BCUT2D eigenvalue weighted by Crippen LogP contribution is -2.30. The maximum absolute atomic E-state index is 13.1. The van der Waals surface area contributed by atoms with Crippen LogP contribution in [0.3, 0.4) is 0 Å². The van der Waals surface area contributed by atoms with Crippen molar-refractivity contribution in [1.29, 1.82) is 0 Å². The standard InChI is InChI=1S/C107H186O16P2/c1-4-7-10-13-16-19-22-25-28-31-34-36-38-40-42-44-46-48-50-52-54-56-58-60-62-64-67-69-72-75-78-81-84-87-90-93-105(110)117-96-102(108)97-119-124(113,114)120-98-103(109)99-121-125(115,116)122-101-104(123-107(112)95-92-89-86-83-80-77-74-71-66-33-30-27-24-21-18-15-12-9-6-3)100-118-106(111)94-91-88-85-82-79-76-73-70-68-65-63-61-59-57-55-53-51-49-47-45-43-41-39-37-35-32-29-26-23-20-17-14-11-8-5-2/h7-8,10-11,16-21,25-30,34-37,40-43,66,71,102-104,108-109H,4-6,9,12-15,22-24,31-33,38-39,44-65,67-70,72-101H2,1-3H3,(H,113,114)(H,115,116)/b10-7-,11-8-,19-16-,20-17-,21-18-,28-25-,29-26-,30-27-,36-34-,37-35-,42-40-,43-41-,71-66-. The van der Waals surface area contributed by atoms with Crippen molar-refractivity contribution < 1.29 is 75.8 Å². The summed E-state index contributed by atoms with van der Waals surface area (Å²) in [5.74, 6) is -1.57. The Hall–Kier alpha value is -4.83. The molecule has 0 aliphatic carbocycles. The number of carbonyl (C=O) groups excluding carboxylic acids is 3. The third-order valence-electron chi connectivity index (χ3n) is 21.7. The van der Waals surface area contributed by atoms with E-state index in [4.69, 9.17) is 32.3 Å². The van der Waals surface area contributed by atoms with Gasteiger partial charge in [-0.25, -0.2) is 9.13 Å². The molecule has 0 aromatic carbocycles. The fourth-order valence-electron chi connectivity index (χ4n) is 14.1. The van der Waals surface area contributed by atoms with Crippen molar-refractivity contribution in [3.05, 3.63) is 158 Å². The highest BCUT2D eigenvalue weighted by Gasteiger charge is 2.30. The normalized spacial score (nSPS) is 14.3. The minimum atomic E-state index is -4.95. The molecule has 16 nitrogen and oxygen atoms in total. The summed E-state index contributed by atoms with van der Waals surface area (Å²) in [6.45, 7) is 2.49. The van der Waals surface area contributed by atoms with Gasteiger partial charge in [-0.3, -0.25) is 32.5 Å². The number of phosphoric acid groups is 2. The van der Waals surface area contributed by atoms with Crippen LogP contribution in [0.1, 0.15) is 445 Å². The first-order chi connectivity index (χ1) is 61.2. The molecule has 125 heavy (non-hydrogen) atoms. The molecule has 18 heteroatoms. The van der Waals surface area contributed by atoms with Gasteiger partial charge in [-0.15, -0.1) is 0 Å². The number of unbranched alkanes of at least 4 members (excludes halogenated alkanes) is 47. The summed E-state index contributed by atoms with van der Waals surface area (Å²) >= 11 is 0. The number of carbonyl (C=O) groups is 3. The quantitative estimate of drug-likeness (QED) is 0.0146. The Kier molecular flexibility index (Phi) is 94.4. The van der Waals surface area contributed by atoms with Crippen LogP contribution >= 0.6 is 15.6 Å². The number of allylic oxidation sites excluding steroid dienone is 26. The molecule has 0 aliphatic heterocycles. The van der Waals surface area contributed by atoms with Crippen LogP contribution in [0.5, 0.6) is 0 Å². The van der Waals surface area contributed by atoms with Gasteiger partial charge in [0.05, 0.1) is 26.4 Å². The second kappa shape index (κ2) is 98.2. The van der Waals surface area contributed by atoms with Gasteiger partial charge in [0.1, 0.15) is 25.4 Å². The van der Waals surface area contributed by atoms with Gasteiger partial charge in [-0.05, 0) is 148 Å². The number of ether oxygens (including phenoxy) is 3. The van der Waals surface area contributed by atoms with Crippen molar-refractivity contribution in [3.8, 4) is 0 Å².